The SMILES string of the molecule is Cc1cc(-c2cc3c(-c4cc(=O)n(C5CC5)cc4Oc4c(C)cccc4C)cn(C)c(=O)c3[nH]2)cc(C)n1. The van der Waals surface area contributed by atoms with Crippen molar-refractivity contribution in [2.75, 3.05) is 0 Å². The molecule has 4 heterocycles. The van der Waals surface area contributed by atoms with E-state index in [1.54, 1.807) is 28.4 Å². The third kappa shape index (κ3) is 4.14. The summed E-state index contributed by atoms with van der Waals surface area (Å²) in [7, 11) is 1.73. The highest BCUT2D eigenvalue weighted by molar-refractivity contribution is 5.98. The predicted octanol–water partition coefficient (Wildman–Crippen LogP) is 6.12. The highest BCUT2D eigenvalue weighted by Crippen LogP contribution is 2.41. The van der Waals surface area contributed by atoms with Gasteiger partial charge in [0.05, 0.1) is 6.20 Å². The van der Waals surface area contributed by atoms with Gasteiger partial charge in [-0.15, -0.1) is 0 Å². The van der Waals surface area contributed by atoms with Crippen molar-refractivity contribution in [3.05, 3.63) is 98.1 Å². The molecule has 0 atom stereocenters. The Morgan fingerprint density at radius 2 is 1.61 bits per heavy atom. The molecule has 0 saturated heterocycles. The number of aromatic nitrogens is 4. The Bertz CT molecular complexity index is 1810. The van der Waals surface area contributed by atoms with Gasteiger partial charge in [-0.05, 0) is 69.9 Å². The molecular formula is C31H30N4O3. The fourth-order valence-electron chi connectivity index (χ4n) is 5.22. The number of aromatic amines is 1. The molecule has 7 heteroatoms. The van der Waals surface area contributed by atoms with E-state index in [4.69, 9.17) is 4.74 Å². The Balaban J connectivity index is 1.61. The maximum absolute atomic E-state index is 13.2. The Morgan fingerprint density at radius 1 is 0.921 bits per heavy atom. The second-order valence-electron chi connectivity index (χ2n) is 10.4. The summed E-state index contributed by atoms with van der Waals surface area (Å²) in [5.41, 5.74) is 7.29. The number of benzene rings is 1. The van der Waals surface area contributed by atoms with E-state index in [9.17, 15) is 9.59 Å². The molecule has 0 bridgehead atoms. The van der Waals surface area contributed by atoms with Crippen LogP contribution in [-0.2, 0) is 7.05 Å². The fourth-order valence-corrected chi connectivity index (χ4v) is 5.22. The van der Waals surface area contributed by atoms with Crippen LogP contribution < -0.4 is 15.9 Å². The minimum absolute atomic E-state index is 0.0745. The Morgan fingerprint density at radius 3 is 2.26 bits per heavy atom. The number of ether oxygens (including phenoxy) is 1. The molecule has 192 valence electrons. The van der Waals surface area contributed by atoms with E-state index in [0.29, 0.717) is 16.8 Å². The molecule has 5 aromatic rings. The van der Waals surface area contributed by atoms with Crippen molar-refractivity contribution in [2.24, 2.45) is 7.05 Å². The van der Waals surface area contributed by atoms with Gasteiger partial charge in [-0.25, -0.2) is 0 Å². The molecule has 1 aromatic carbocycles. The lowest BCUT2D eigenvalue weighted by Crippen LogP contribution is -2.19. The van der Waals surface area contributed by atoms with Crippen LogP contribution in [0.5, 0.6) is 11.5 Å². The molecule has 1 N–H and O–H groups in total. The first kappa shape index (κ1) is 24.0. The average molecular weight is 507 g/mol. The van der Waals surface area contributed by atoms with Crippen molar-refractivity contribution >= 4 is 10.9 Å². The van der Waals surface area contributed by atoms with Crippen LogP contribution in [-0.4, -0.2) is 19.1 Å². The van der Waals surface area contributed by atoms with Crippen LogP contribution >= 0.6 is 0 Å². The summed E-state index contributed by atoms with van der Waals surface area (Å²) in [5.74, 6) is 1.36. The van der Waals surface area contributed by atoms with Crippen LogP contribution in [0.3, 0.4) is 0 Å². The monoisotopic (exact) mass is 506 g/mol. The van der Waals surface area contributed by atoms with Crippen LogP contribution in [0.2, 0.25) is 0 Å². The zero-order chi connectivity index (χ0) is 26.7. The quantitative estimate of drug-likeness (QED) is 0.311. The average Bonchev–Trinajstić information content (AvgIpc) is 3.61. The maximum Gasteiger partial charge on any atom is 0.274 e. The molecule has 1 aliphatic carbocycles. The summed E-state index contributed by atoms with van der Waals surface area (Å²) < 4.78 is 9.90. The number of aryl methyl sites for hydroxylation is 5. The molecule has 7 nitrogen and oxygen atoms in total. The van der Waals surface area contributed by atoms with E-state index in [0.717, 1.165) is 63.3 Å². The van der Waals surface area contributed by atoms with Gasteiger partial charge in [-0.2, -0.15) is 0 Å². The van der Waals surface area contributed by atoms with Crippen LogP contribution in [0.15, 0.2) is 64.4 Å². The van der Waals surface area contributed by atoms with Crippen LogP contribution in [0.4, 0.5) is 0 Å². The highest BCUT2D eigenvalue weighted by atomic mass is 16.5. The summed E-state index contributed by atoms with van der Waals surface area (Å²) >= 11 is 0. The van der Waals surface area contributed by atoms with E-state index < -0.39 is 0 Å². The number of pyridine rings is 3. The maximum atomic E-state index is 13.2. The van der Waals surface area contributed by atoms with Gasteiger partial charge >= 0.3 is 0 Å². The largest absolute Gasteiger partial charge is 0.455 e. The van der Waals surface area contributed by atoms with Crippen molar-refractivity contribution in [1.82, 2.24) is 19.1 Å². The number of para-hydroxylation sites is 1. The summed E-state index contributed by atoms with van der Waals surface area (Å²) in [6, 6.07) is 13.9. The molecule has 1 fully saturated rings. The molecule has 4 aromatic heterocycles. The predicted molar refractivity (Wildman–Crippen MR) is 150 cm³/mol. The molecule has 0 amide bonds. The lowest BCUT2D eigenvalue weighted by molar-refractivity contribution is 0.467. The van der Waals surface area contributed by atoms with Gasteiger partial charge in [0.25, 0.3) is 11.1 Å². The highest BCUT2D eigenvalue weighted by Gasteiger charge is 2.27. The van der Waals surface area contributed by atoms with E-state index in [1.165, 1.54) is 0 Å². The lowest BCUT2D eigenvalue weighted by atomic mass is 10.0. The van der Waals surface area contributed by atoms with E-state index in [1.807, 2.05) is 70.3 Å². The van der Waals surface area contributed by atoms with E-state index in [-0.39, 0.29) is 17.2 Å². The number of hydrogen-bond acceptors (Lipinski definition) is 4. The zero-order valence-corrected chi connectivity index (χ0v) is 22.3. The van der Waals surface area contributed by atoms with E-state index in [2.05, 4.69) is 9.97 Å². The van der Waals surface area contributed by atoms with E-state index >= 15 is 0 Å². The zero-order valence-electron chi connectivity index (χ0n) is 22.3. The van der Waals surface area contributed by atoms with Crippen LogP contribution in [0.25, 0.3) is 33.3 Å². The van der Waals surface area contributed by atoms with Crippen LogP contribution in [0.1, 0.15) is 41.4 Å². The molecule has 1 aliphatic rings. The first-order valence-corrected chi connectivity index (χ1v) is 12.9. The van der Waals surface area contributed by atoms with Gasteiger partial charge in [-0.3, -0.25) is 14.6 Å². The van der Waals surface area contributed by atoms with Gasteiger partial charge in [0.1, 0.15) is 11.3 Å². The molecular weight excluding hydrogens is 476 g/mol. The van der Waals surface area contributed by atoms with Crippen molar-refractivity contribution in [2.45, 2.75) is 46.6 Å². The number of hydrogen-bond donors (Lipinski definition) is 1. The van der Waals surface area contributed by atoms with Crippen molar-refractivity contribution < 1.29 is 4.74 Å². The molecule has 0 aliphatic heterocycles. The Kier molecular flexibility index (Phi) is 5.60. The second-order valence-corrected chi connectivity index (χ2v) is 10.4. The molecule has 6 rings (SSSR count). The minimum Gasteiger partial charge on any atom is -0.455 e. The van der Waals surface area contributed by atoms with Crippen molar-refractivity contribution in [1.29, 1.82) is 0 Å². The third-order valence-corrected chi connectivity index (χ3v) is 7.25. The first-order valence-electron chi connectivity index (χ1n) is 12.9. The summed E-state index contributed by atoms with van der Waals surface area (Å²) in [5, 5.41) is 0.741. The summed E-state index contributed by atoms with van der Waals surface area (Å²) in [6.45, 7) is 7.94. The molecule has 0 spiro atoms. The molecule has 38 heavy (non-hydrogen) atoms. The number of fused-ring (bicyclic) bond motifs is 1. The van der Waals surface area contributed by atoms with Crippen LogP contribution in [0, 0.1) is 27.7 Å². The number of nitrogens with zero attached hydrogens (tertiary/aromatic N) is 3. The first-order chi connectivity index (χ1) is 18.2. The number of rotatable bonds is 5. The standard InChI is InChI=1S/C31H30N4O3/c1-17-7-6-8-18(2)30(17)38-27-16-35(22-9-10-22)28(36)14-23(27)25-15-34(5)31(37)29-24(25)13-26(33-29)21-11-19(3)32-20(4)12-21/h6-8,11-16,22,33H,9-10H2,1-5H3. The lowest BCUT2D eigenvalue weighted by Gasteiger charge is -2.17. The Labute approximate surface area is 220 Å². The van der Waals surface area contributed by atoms with Gasteiger partial charge in [-0.1, -0.05) is 18.2 Å². The minimum atomic E-state index is -0.138. The molecule has 0 unspecified atom stereocenters. The number of H-pyrrole nitrogens is 1. The normalized spacial score (nSPS) is 13.3. The van der Waals surface area contributed by atoms with Crippen molar-refractivity contribution in [3.8, 4) is 33.9 Å². The topological polar surface area (TPSA) is 81.9 Å². The Hall–Kier alpha value is -4.39. The summed E-state index contributed by atoms with van der Waals surface area (Å²) in [4.78, 5) is 34.3. The molecule has 1 saturated carbocycles. The number of nitrogens with one attached hydrogen (secondary N) is 1. The van der Waals surface area contributed by atoms with Gasteiger partial charge in [0.15, 0.2) is 5.75 Å². The smallest absolute Gasteiger partial charge is 0.274 e. The van der Waals surface area contributed by atoms with Gasteiger partial charge in [0.2, 0.25) is 0 Å². The van der Waals surface area contributed by atoms with Gasteiger partial charge < -0.3 is 18.9 Å². The van der Waals surface area contributed by atoms with Crippen molar-refractivity contribution in [3.63, 3.8) is 0 Å². The third-order valence-electron chi connectivity index (χ3n) is 7.25. The van der Waals surface area contributed by atoms with Gasteiger partial charge in [0, 0.05) is 64.5 Å². The second kappa shape index (κ2) is 8.87. The molecule has 0 radical (unpaired) electrons. The summed E-state index contributed by atoms with van der Waals surface area (Å²) in [6.07, 6.45) is 5.59. The fraction of sp³-hybridized carbons (Fsp3) is 0.258.